The van der Waals surface area contributed by atoms with Gasteiger partial charge in [0.15, 0.2) is 5.82 Å². The first-order valence-electron chi connectivity index (χ1n) is 5.98. The minimum absolute atomic E-state index is 0.198. The van der Waals surface area contributed by atoms with Crippen LogP contribution in [0, 0.1) is 6.92 Å². The van der Waals surface area contributed by atoms with Crippen LogP contribution in [0.4, 0.5) is 0 Å². The molecule has 1 aliphatic rings. The number of carbonyl (C=O) groups excluding carboxylic acids is 1. The Labute approximate surface area is 109 Å². The molecule has 1 unspecified atom stereocenters. The first kappa shape index (κ1) is 11.6. The third-order valence-corrected chi connectivity index (χ3v) is 3.18. The molecule has 1 amide bonds. The molecular weight excluding hydrogens is 244 g/mol. The van der Waals surface area contributed by atoms with Crippen molar-refractivity contribution >= 4 is 5.91 Å². The van der Waals surface area contributed by atoms with Crippen LogP contribution < -0.4 is 11.0 Å². The van der Waals surface area contributed by atoms with Crippen LogP contribution in [0.15, 0.2) is 35.1 Å². The van der Waals surface area contributed by atoms with Crippen LogP contribution in [0.2, 0.25) is 0 Å². The summed E-state index contributed by atoms with van der Waals surface area (Å²) in [5, 5.41) is 7.93. The molecule has 6 nitrogen and oxygen atoms in total. The number of aromatic nitrogens is 3. The molecule has 1 aromatic heterocycles. The number of fused-ring (bicyclic) bond motifs is 1. The molecule has 2 heterocycles. The summed E-state index contributed by atoms with van der Waals surface area (Å²) in [5.74, 6) is 0.0352. The lowest BCUT2D eigenvalue weighted by molar-refractivity contribution is -0.118. The number of aryl methyl sites for hydroxylation is 1. The second-order valence-electron chi connectivity index (χ2n) is 4.49. The van der Waals surface area contributed by atoms with Gasteiger partial charge in [-0.3, -0.25) is 15.0 Å². The van der Waals surface area contributed by atoms with E-state index in [4.69, 9.17) is 0 Å². The van der Waals surface area contributed by atoms with Gasteiger partial charge in [-0.05, 0) is 12.5 Å². The van der Waals surface area contributed by atoms with E-state index in [1.807, 2.05) is 30.3 Å². The molecule has 3 rings (SSSR count). The highest BCUT2D eigenvalue weighted by molar-refractivity contribution is 5.86. The van der Waals surface area contributed by atoms with E-state index in [0.717, 1.165) is 5.56 Å². The standard InChI is InChI=1S/C13H12N4O2/c1-8-13(19)17-12(15-14-8)10(7-11(18)16-17)9-5-3-2-4-6-9/h2-6,10H,7H2,1H3,(H,16,18). The molecule has 19 heavy (non-hydrogen) atoms. The third-order valence-electron chi connectivity index (χ3n) is 3.18. The molecule has 2 aromatic rings. The Morgan fingerprint density at radius 3 is 2.68 bits per heavy atom. The van der Waals surface area contributed by atoms with Crippen molar-refractivity contribution in [2.45, 2.75) is 19.3 Å². The normalized spacial score (nSPS) is 17.7. The lowest BCUT2D eigenvalue weighted by Crippen LogP contribution is -2.43. The second kappa shape index (κ2) is 4.31. The van der Waals surface area contributed by atoms with Crippen molar-refractivity contribution < 1.29 is 4.79 Å². The van der Waals surface area contributed by atoms with Crippen LogP contribution >= 0.6 is 0 Å². The number of benzene rings is 1. The minimum atomic E-state index is -0.334. The quantitative estimate of drug-likeness (QED) is 0.808. The van der Waals surface area contributed by atoms with E-state index in [2.05, 4.69) is 15.6 Å². The number of nitrogens with one attached hydrogen (secondary N) is 1. The number of nitrogens with zero attached hydrogens (tertiary/aromatic N) is 3. The predicted molar refractivity (Wildman–Crippen MR) is 68.3 cm³/mol. The number of rotatable bonds is 1. The Hall–Kier alpha value is -2.50. The highest BCUT2D eigenvalue weighted by Crippen LogP contribution is 2.27. The maximum Gasteiger partial charge on any atom is 0.294 e. The van der Waals surface area contributed by atoms with Crippen LogP contribution in [0.5, 0.6) is 0 Å². The van der Waals surface area contributed by atoms with Crippen molar-refractivity contribution in [2.75, 3.05) is 5.43 Å². The number of hydrogen-bond acceptors (Lipinski definition) is 4. The molecule has 1 N–H and O–H groups in total. The fraction of sp³-hybridized carbons (Fsp3) is 0.231. The van der Waals surface area contributed by atoms with Crippen LogP contribution in [-0.4, -0.2) is 20.8 Å². The number of amides is 1. The lowest BCUT2D eigenvalue weighted by atomic mass is 9.93. The van der Waals surface area contributed by atoms with Gasteiger partial charge < -0.3 is 0 Å². The van der Waals surface area contributed by atoms with E-state index in [1.54, 1.807) is 6.92 Å². The van der Waals surface area contributed by atoms with E-state index in [9.17, 15) is 9.59 Å². The molecule has 1 aromatic carbocycles. The van der Waals surface area contributed by atoms with Gasteiger partial charge in [-0.25, -0.2) is 0 Å². The molecule has 1 aliphatic heterocycles. The van der Waals surface area contributed by atoms with E-state index in [-0.39, 0.29) is 29.5 Å². The molecule has 0 spiro atoms. The molecule has 0 aliphatic carbocycles. The van der Waals surface area contributed by atoms with Crippen LogP contribution in [0.1, 0.15) is 29.4 Å². The zero-order chi connectivity index (χ0) is 13.4. The molecule has 0 bridgehead atoms. The Morgan fingerprint density at radius 2 is 1.95 bits per heavy atom. The molecule has 96 valence electrons. The average Bonchev–Trinajstić information content (AvgIpc) is 2.44. The first-order valence-corrected chi connectivity index (χ1v) is 5.98. The fourth-order valence-electron chi connectivity index (χ4n) is 2.21. The summed E-state index contributed by atoms with van der Waals surface area (Å²) in [7, 11) is 0. The van der Waals surface area contributed by atoms with Gasteiger partial charge in [-0.2, -0.15) is 4.68 Å². The van der Waals surface area contributed by atoms with E-state index in [1.165, 1.54) is 4.68 Å². The monoisotopic (exact) mass is 256 g/mol. The zero-order valence-electron chi connectivity index (χ0n) is 10.3. The van der Waals surface area contributed by atoms with Gasteiger partial charge in [0.1, 0.15) is 5.69 Å². The van der Waals surface area contributed by atoms with Gasteiger partial charge in [0.2, 0.25) is 5.91 Å². The van der Waals surface area contributed by atoms with Crippen molar-refractivity contribution in [3.8, 4) is 0 Å². The van der Waals surface area contributed by atoms with Crippen molar-refractivity contribution in [2.24, 2.45) is 0 Å². The molecule has 0 fully saturated rings. The minimum Gasteiger partial charge on any atom is -0.273 e. The molecule has 0 saturated carbocycles. The average molecular weight is 256 g/mol. The van der Waals surface area contributed by atoms with Crippen molar-refractivity contribution in [1.82, 2.24) is 14.9 Å². The number of hydrogen-bond donors (Lipinski definition) is 1. The van der Waals surface area contributed by atoms with Gasteiger partial charge >= 0.3 is 0 Å². The summed E-state index contributed by atoms with van der Waals surface area (Å²) >= 11 is 0. The van der Waals surface area contributed by atoms with Gasteiger partial charge in [0, 0.05) is 6.42 Å². The lowest BCUT2D eigenvalue weighted by Gasteiger charge is -2.25. The van der Waals surface area contributed by atoms with Crippen molar-refractivity contribution in [1.29, 1.82) is 0 Å². The van der Waals surface area contributed by atoms with Crippen molar-refractivity contribution in [3.05, 3.63) is 57.8 Å². The maximum atomic E-state index is 12.0. The van der Waals surface area contributed by atoms with Crippen molar-refractivity contribution in [3.63, 3.8) is 0 Å². The summed E-state index contributed by atoms with van der Waals surface area (Å²) in [5.41, 5.74) is 3.41. The van der Waals surface area contributed by atoms with Gasteiger partial charge in [-0.15, -0.1) is 10.2 Å². The highest BCUT2D eigenvalue weighted by Gasteiger charge is 2.29. The summed E-state index contributed by atoms with van der Waals surface area (Å²) < 4.78 is 1.20. The van der Waals surface area contributed by atoms with E-state index in [0.29, 0.717) is 5.82 Å². The van der Waals surface area contributed by atoms with Gasteiger partial charge in [0.25, 0.3) is 5.56 Å². The first-order chi connectivity index (χ1) is 9.16. The molecule has 0 saturated heterocycles. The molecule has 6 heteroatoms. The van der Waals surface area contributed by atoms with Crippen LogP contribution in [-0.2, 0) is 4.79 Å². The molecule has 1 atom stereocenters. The summed E-state index contributed by atoms with van der Waals surface area (Å²) in [4.78, 5) is 23.7. The summed E-state index contributed by atoms with van der Waals surface area (Å²) in [6, 6.07) is 9.53. The smallest absolute Gasteiger partial charge is 0.273 e. The number of carbonyl (C=O) groups is 1. The second-order valence-corrected chi connectivity index (χ2v) is 4.49. The van der Waals surface area contributed by atoms with Gasteiger partial charge in [0.05, 0.1) is 5.92 Å². The Kier molecular flexibility index (Phi) is 2.63. The van der Waals surface area contributed by atoms with E-state index >= 15 is 0 Å². The third kappa shape index (κ3) is 1.91. The molecule has 0 radical (unpaired) electrons. The van der Waals surface area contributed by atoms with Gasteiger partial charge in [-0.1, -0.05) is 30.3 Å². The van der Waals surface area contributed by atoms with Crippen LogP contribution in [0.3, 0.4) is 0 Å². The summed E-state index contributed by atoms with van der Waals surface area (Å²) in [6.45, 7) is 1.57. The highest BCUT2D eigenvalue weighted by atomic mass is 16.2. The predicted octanol–water partition coefficient (Wildman–Crippen LogP) is 0.552. The Morgan fingerprint density at radius 1 is 1.21 bits per heavy atom. The Balaban J connectivity index is 2.19. The summed E-state index contributed by atoms with van der Waals surface area (Å²) in [6.07, 6.45) is 0.265. The zero-order valence-corrected chi connectivity index (χ0v) is 10.3. The van der Waals surface area contributed by atoms with E-state index < -0.39 is 0 Å². The topological polar surface area (TPSA) is 76.9 Å². The fourth-order valence-corrected chi connectivity index (χ4v) is 2.21. The molecular formula is C13H12N4O2. The Bertz CT molecular complexity index is 694. The SMILES string of the molecule is Cc1nnc2n(c1=O)NC(=O)CC2c1ccccc1. The maximum absolute atomic E-state index is 12.0. The largest absolute Gasteiger partial charge is 0.294 e. The van der Waals surface area contributed by atoms with Crippen LogP contribution in [0.25, 0.3) is 0 Å².